The highest BCUT2D eigenvalue weighted by Gasteiger charge is 2.01. The molecule has 0 saturated carbocycles. The highest BCUT2D eigenvalue weighted by molar-refractivity contribution is 5.22. The summed E-state index contributed by atoms with van der Waals surface area (Å²) >= 11 is 0. The SMILES string of the molecule is Nc1nc(F)nnc1F. The summed E-state index contributed by atoms with van der Waals surface area (Å²) in [7, 11) is 0. The number of nitrogens with two attached hydrogens (primary N) is 1. The molecule has 0 fully saturated rings. The molecule has 0 aromatic carbocycles. The molecule has 0 unspecified atom stereocenters. The zero-order valence-electron chi connectivity index (χ0n) is 4.17. The molecule has 1 aromatic rings. The van der Waals surface area contributed by atoms with Crippen LogP contribution in [0.3, 0.4) is 0 Å². The van der Waals surface area contributed by atoms with Crippen LogP contribution in [0.25, 0.3) is 0 Å². The van der Waals surface area contributed by atoms with Crippen LogP contribution in [0.1, 0.15) is 0 Å². The van der Waals surface area contributed by atoms with Gasteiger partial charge in [-0.25, -0.2) is 0 Å². The van der Waals surface area contributed by atoms with Gasteiger partial charge in [0.25, 0.3) is 5.95 Å². The molecule has 0 radical (unpaired) electrons. The zero-order chi connectivity index (χ0) is 6.85. The van der Waals surface area contributed by atoms with E-state index in [1.54, 1.807) is 0 Å². The summed E-state index contributed by atoms with van der Waals surface area (Å²) in [6.07, 6.45) is -1.13. The van der Waals surface area contributed by atoms with Crippen LogP contribution in [-0.2, 0) is 0 Å². The molecule has 0 aliphatic heterocycles. The summed E-state index contributed by atoms with van der Waals surface area (Å²) < 4.78 is 23.8. The molecule has 6 heteroatoms. The molecule has 0 saturated heterocycles. The van der Waals surface area contributed by atoms with Gasteiger partial charge >= 0.3 is 6.08 Å². The Morgan fingerprint density at radius 2 is 1.89 bits per heavy atom. The van der Waals surface area contributed by atoms with E-state index in [0.717, 1.165) is 0 Å². The summed E-state index contributed by atoms with van der Waals surface area (Å²) in [5, 5.41) is 5.36. The van der Waals surface area contributed by atoms with Crippen molar-refractivity contribution in [3.05, 3.63) is 12.0 Å². The predicted molar refractivity (Wildman–Crippen MR) is 24.2 cm³/mol. The lowest BCUT2D eigenvalue weighted by atomic mass is 10.7. The minimum absolute atomic E-state index is 0.581. The van der Waals surface area contributed by atoms with Crippen molar-refractivity contribution >= 4 is 5.82 Å². The lowest BCUT2D eigenvalue weighted by molar-refractivity contribution is 0.476. The molecule has 0 spiro atoms. The van der Waals surface area contributed by atoms with E-state index in [4.69, 9.17) is 5.73 Å². The van der Waals surface area contributed by atoms with Crippen molar-refractivity contribution in [3.8, 4) is 0 Å². The Morgan fingerprint density at radius 3 is 2.33 bits per heavy atom. The van der Waals surface area contributed by atoms with Crippen molar-refractivity contribution in [2.24, 2.45) is 0 Å². The average molecular weight is 132 g/mol. The number of aromatic nitrogens is 3. The summed E-state index contributed by atoms with van der Waals surface area (Å²) in [4.78, 5) is 2.84. The van der Waals surface area contributed by atoms with E-state index in [-0.39, 0.29) is 0 Å². The van der Waals surface area contributed by atoms with Crippen LogP contribution in [0.2, 0.25) is 0 Å². The van der Waals surface area contributed by atoms with E-state index in [2.05, 4.69) is 15.2 Å². The molecule has 0 amide bonds. The first-order valence-electron chi connectivity index (χ1n) is 2.01. The minimum atomic E-state index is -1.13. The molecular weight excluding hydrogens is 130 g/mol. The third kappa shape index (κ3) is 1.07. The predicted octanol–water partition coefficient (Wildman–Crippen LogP) is -0.268. The third-order valence-corrected chi connectivity index (χ3v) is 0.644. The number of nitrogens with zero attached hydrogens (tertiary/aromatic N) is 3. The maximum Gasteiger partial charge on any atom is 0.329 e. The standard InChI is InChI=1S/C3H2F2N4/c4-1-2(6)7-3(5)9-8-1/h(H2,6,7,9). The van der Waals surface area contributed by atoms with Gasteiger partial charge in [0.1, 0.15) is 0 Å². The largest absolute Gasteiger partial charge is 0.380 e. The topological polar surface area (TPSA) is 64.7 Å². The fraction of sp³-hybridized carbons (Fsp3) is 0. The van der Waals surface area contributed by atoms with Crippen molar-refractivity contribution < 1.29 is 8.78 Å². The molecule has 48 valence electrons. The van der Waals surface area contributed by atoms with Gasteiger partial charge in [0.15, 0.2) is 5.82 Å². The Morgan fingerprint density at radius 1 is 1.22 bits per heavy atom. The summed E-state index contributed by atoms with van der Waals surface area (Å²) in [6, 6.07) is 0. The van der Waals surface area contributed by atoms with Gasteiger partial charge in [-0.15, -0.1) is 5.10 Å². The fourth-order valence-electron chi connectivity index (χ4n) is 0.304. The summed E-state index contributed by atoms with van der Waals surface area (Å²) in [5.74, 6) is -1.64. The zero-order valence-corrected chi connectivity index (χ0v) is 4.17. The Hall–Kier alpha value is -1.33. The van der Waals surface area contributed by atoms with Crippen LogP contribution in [0.5, 0.6) is 0 Å². The molecule has 1 aromatic heterocycles. The van der Waals surface area contributed by atoms with Crippen molar-refractivity contribution in [2.75, 3.05) is 5.73 Å². The highest BCUT2D eigenvalue weighted by atomic mass is 19.1. The first kappa shape index (κ1) is 5.80. The molecule has 0 aliphatic rings. The van der Waals surface area contributed by atoms with Crippen LogP contribution in [0.4, 0.5) is 14.6 Å². The van der Waals surface area contributed by atoms with E-state index < -0.39 is 17.8 Å². The molecule has 0 aliphatic carbocycles. The first-order chi connectivity index (χ1) is 4.20. The number of hydrogen-bond donors (Lipinski definition) is 1. The van der Waals surface area contributed by atoms with Gasteiger partial charge in [0, 0.05) is 0 Å². The number of halogens is 2. The van der Waals surface area contributed by atoms with Crippen LogP contribution < -0.4 is 5.73 Å². The molecule has 1 rings (SSSR count). The first-order valence-corrected chi connectivity index (χ1v) is 2.01. The monoisotopic (exact) mass is 132 g/mol. The third-order valence-electron chi connectivity index (χ3n) is 0.644. The van der Waals surface area contributed by atoms with Gasteiger partial charge in [-0.2, -0.15) is 13.8 Å². The number of nitrogen functional groups attached to an aromatic ring is 1. The fourth-order valence-corrected chi connectivity index (χ4v) is 0.304. The van der Waals surface area contributed by atoms with Gasteiger partial charge in [0.05, 0.1) is 0 Å². The smallest absolute Gasteiger partial charge is 0.329 e. The lowest BCUT2D eigenvalue weighted by Crippen LogP contribution is -2.02. The van der Waals surface area contributed by atoms with E-state index in [0.29, 0.717) is 0 Å². The average Bonchev–Trinajstić information content (AvgIpc) is 1.80. The maximum atomic E-state index is 12.0. The highest BCUT2D eigenvalue weighted by Crippen LogP contribution is 1.98. The van der Waals surface area contributed by atoms with Gasteiger partial charge < -0.3 is 5.73 Å². The Kier molecular flexibility index (Phi) is 1.21. The molecular formula is C3H2F2N4. The van der Waals surface area contributed by atoms with E-state index >= 15 is 0 Å². The number of rotatable bonds is 0. The summed E-state index contributed by atoms with van der Waals surface area (Å²) in [5.41, 5.74) is 4.79. The quantitative estimate of drug-likeness (QED) is 0.527. The Labute approximate surface area is 48.7 Å². The van der Waals surface area contributed by atoms with Gasteiger partial charge in [-0.3, -0.25) is 0 Å². The van der Waals surface area contributed by atoms with E-state index in [1.807, 2.05) is 0 Å². The Balaban J connectivity index is 3.17. The number of hydrogen-bond acceptors (Lipinski definition) is 4. The van der Waals surface area contributed by atoms with Gasteiger partial charge in [-0.05, 0) is 0 Å². The van der Waals surface area contributed by atoms with Crippen LogP contribution in [-0.4, -0.2) is 15.2 Å². The molecule has 9 heavy (non-hydrogen) atoms. The molecule has 1 heterocycles. The maximum absolute atomic E-state index is 12.0. The van der Waals surface area contributed by atoms with Gasteiger partial charge in [0.2, 0.25) is 0 Å². The van der Waals surface area contributed by atoms with Gasteiger partial charge in [-0.1, -0.05) is 5.10 Å². The van der Waals surface area contributed by atoms with Crippen LogP contribution in [0.15, 0.2) is 0 Å². The molecule has 0 bridgehead atoms. The molecule has 2 N–H and O–H groups in total. The second-order valence-electron chi connectivity index (χ2n) is 1.26. The van der Waals surface area contributed by atoms with Crippen LogP contribution >= 0.6 is 0 Å². The normalized spacial score (nSPS) is 9.56. The van der Waals surface area contributed by atoms with Crippen molar-refractivity contribution in [1.29, 1.82) is 0 Å². The second-order valence-corrected chi connectivity index (χ2v) is 1.26. The molecule has 4 nitrogen and oxygen atoms in total. The lowest BCUT2D eigenvalue weighted by Gasteiger charge is -1.89. The van der Waals surface area contributed by atoms with E-state index in [9.17, 15) is 8.78 Å². The van der Waals surface area contributed by atoms with Crippen molar-refractivity contribution in [3.63, 3.8) is 0 Å². The molecule has 0 atom stereocenters. The van der Waals surface area contributed by atoms with Crippen LogP contribution in [0, 0.1) is 12.0 Å². The Bertz CT molecular complexity index is 225. The summed E-state index contributed by atoms with van der Waals surface area (Å²) in [6.45, 7) is 0. The van der Waals surface area contributed by atoms with Crippen molar-refractivity contribution in [2.45, 2.75) is 0 Å². The minimum Gasteiger partial charge on any atom is -0.380 e. The second kappa shape index (κ2) is 1.88. The van der Waals surface area contributed by atoms with E-state index in [1.165, 1.54) is 0 Å². The number of anilines is 1. The van der Waals surface area contributed by atoms with Crippen molar-refractivity contribution in [1.82, 2.24) is 15.2 Å².